The second kappa shape index (κ2) is 8.87. The average molecular weight is 318 g/mol. The summed E-state index contributed by atoms with van der Waals surface area (Å²) < 4.78 is 0. The van der Waals surface area contributed by atoms with E-state index in [-0.39, 0.29) is 11.5 Å². The van der Waals surface area contributed by atoms with Crippen LogP contribution in [0, 0.1) is 5.41 Å². The van der Waals surface area contributed by atoms with Crippen LogP contribution in [-0.2, 0) is 6.42 Å². The minimum Gasteiger partial charge on any atom is -0.392 e. The normalized spacial score (nSPS) is 25.2. The first-order valence-electron chi connectivity index (χ1n) is 8.74. The lowest BCUT2D eigenvalue weighted by molar-refractivity contribution is 0.00716. The van der Waals surface area contributed by atoms with E-state index in [0.29, 0.717) is 6.54 Å². The van der Waals surface area contributed by atoms with Gasteiger partial charge in [-0.05, 0) is 31.9 Å². The molecule has 2 rings (SSSR count). The summed E-state index contributed by atoms with van der Waals surface area (Å²) in [5.74, 6) is 0.822. The van der Waals surface area contributed by atoms with Crippen LogP contribution >= 0.6 is 0 Å². The molecule has 1 aromatic heterocycles. The summed E-state index contributed by atoms with van der Waals surface area (Å²) in [5, 5.41) is 16.9. The van der Waals surface area contributed by atoms with Crippen molar-refractivity contribution >= 4 is 5.96 Å². The van der Waals surface area contributed by atoms with Crippen LogP contribution in [0.2, 0.25) is 0 Å². The molecule has 3 N–H and O–H groups in total. The molecule has 5 nitrogen and oxygen atoms in total. The predicted molar refractivity (Wildman–Crippen MR) is 94.5 cm³/mol. The Balaban J connectivity index is 1.86. The number of pyridine rings is 1. The second-order valence-electron chi connectivity index (χ2n) is 6.61. The van der Waals surface area contributed by atoms with E-state index < -0.39 is 0 Å². The van der Waals surface area contributed by atoms with Crippen LogP contribution in [0.3, 0.4) is 0 Å². The van der Waals surface area contributed by atoms with Gasteiger partial charge < -0.3 is 15.7 Å². The van der Waals surface area contributed by atoms with Crippen molar-refractivity contribution in [2.24, 2.45) is 10.4 Å². The standard InChI is InChI=1S/C18H30N4O/c1-3-19-17(21-13-10-15-8-5-7-12-20-15)22-14-18(2)11-6-4-9-16(18)23/h5,7-8,12,16,23H,3-4,6,9-11,13-14H2,1-2H3,(H2,19,21,22). The Hall–Kier alpha value is -1.62. The van der Waals surface area contributed by atoms with Gasteiger partial charge in [-0.25, -0.2) is 0 Å². The highest BCUT2D eigenvalue weighted by Crippen LogP contribution is 2.36. The number of aliphatic hydroxyl groups excluding tert-OH is 1. The number of hydrogen-bond acceptors (Lipinski definition) is 3. The topological polar surface area (TPSA) is 69.5 Å². The van der Waals surface area contributed by atoms with Crippen LogP contribution in [0.15, 0.2) is 29.4 Å². The molecule has 0 radical (unpaired) electrons. The summed E-state index contributed by atoms with van der Waals surface area (Å²) in [6.45, 7) is 6.49. The van der Waals surface area contributed by atoms with Gasteiger partial charge in [0.1, 0.15) is 0 Å². The Kier molecular flexibility index (Phi) is 6.84. The number of nitrogens with one attached hydrogen (secondary N) is 2. The summed E-state index contributed by atoms with van der Waals surface area (Å²) in [6, 6.07) is 5.97. The summed E-state index contributed by atoms with van der Waals surface area (Å²) in [5.41, 5.74) is 0.979. The Morgan fingerprint density at radius 2 is 2.26 bits per heavy atom. The van der Waals surface area contributed by atoms with E-state index in [9.17, 15) is 5.11 Å². The van der Waals surface area contributed by atoms with Gasteiger partial charge in [0.25, 0.3) is 0 Å². The van der Waals surface area contributed by atoms with E-state index >= 15 is 0 Å². The molecule has 1 aliphatic rings. The molecule has 23 heavy (non-hydrogen) atoms. The van der Waals surface area contributed by atoms with E-state index in [0.717, 1.165) is 50.4 Å². The van der Waals surface area contributed by atoms with Crippen molar-refractivity contribution in [1.82, 2.24) is 15.6 Å². The summed E-state index contributed by atoms with van der Waals surface area (Å²) in [4.78, 5) is 9.03. The number of aliphatic imine (C=N–C) groups is 1. The SMILES string of the molecule is CCNC(=NCC1(C)CCCCC1O)NCCc1ccccn1. The van der Waals surface area contributed by atoms with Crippen molar-refractivity contribution in [3.8, 4) is 0 Å². The second-order valence-corrected chi connectivity index (χ2v) is 6.61. The zero-order valence-electron chi connectivity index (χ0n) is 14.4. The maximum Gasteiger partial charge on any atom is 0.191 e. The molecule has 0 aromatic carbocycles. The molecule has 0 bridgehead atoms. The molecule has 2 atom stereocenters. The fourth-order valence-corrected chi connectivity index (χ4v) is 3.02. The summed E-state index contributed by atoms with van der Waals surface area (Å²) in [6.07, 6.45) is 6.71. The number of guanidine groups is 1. The van der Waals surface area contributed by atoms with E-state index in [1.807, 2.05) is 24.4 Å². The number of aliphatic hydroxyl groups is 1. The quantitative estimate of drug-likeness (QED) is 0.555. The molecule has 1 saturated carbocycles. The lowest BCUT2D eigenvalue weighted by Crippen LogP contribution is -2.42. The molecular formula is C18H30N4O. The Morgan fingerprint density at radius 1 is 1.39 bits per heavy atom. The van der Waals surface area contributed by atoms with Gasteiger partial charge in [-0.3, -0.25) is 9.98 Å². The highest BCUT2D eigenvalue weighted by molar-refractivity contribution is 5.79. The molecule has 128 valence electrons. The molecule has 1 aromatic rings. The van der Waals surface area contributed by atoms with Gasteiger partial charge >= 0.3 is 0 Å². The Morgan fingerprint density at radius 3 is 2.96 bits per heavy atom. The van der Waals surface area contributed by atoms with Gasteiger partial charge in [0.05, 0.1) is 12.6 Å². The molecule has 2 unspecified atom stereocenters. The number of nitrogens with zero attached hydrogens (tertiary/aromatic N) is 2. The molecule has 1 heterocycles. The lowest BCUT2D eigenvalue weighted by Gasteiger charge is -2.37. The molecule has 0 amide bonds. The van der Waals surface area contributed by atoms with Crippen molar-refractivity contribution in [2.75, 3.05) is 19.6 Å². The number of hydrogen-bond donors (Lipinski definition) is 3. The minimum absolute atomic E-state index is 0.0956. The summed E-state index contributed by atoms with van der Waals surface area (Å²) >= 11 is 0. The van der Waals surface area contributed by atoms with Crippen molar-refractivity contribution in [2.45, 2.75) is 52.1 Å². The molecule has 5 heteroatoms. The molecular weight excluding hydrogens is 288 g/mol. The molecule has 0 saturated heterocycles. The summed E-state index contributed by atoms with van der Waals surface area (Å²) in [7, 11) is 0. The Bertz CT molecular complexity index is 491. The zero-order chi connectivity index (χ0) is 16.5. The third-order valence-electron chi connectivity index (χ3n) is 4.62. The van der Waals surface area contributed by atoms with Crippen molar-refractivity contribution in [3.63, 3.8) is 0 Å². The monoisotopic (exact) mass is 318 g/mol. The van der Waals surface area contributed by atoms with Crippen LogP contribution in [-0.4, -0.2) is 41.8 Å². The van der Waals surface area contributed by atoms with E-state index in [1.54, 1.807) is 0 Å². The third-order valence-corrected chi connectivity index (χ3v) is 4.62. The molecule has 1 aliphatic carbocycles. The van der Waals surface area contributed by atoms with Crippen molar-refractivity contribution in [3.05, 3.63) is 30.1 Å². The zero-order valence-corrected chi connectivity index (χ0v) is 14.4. The van der Waals surface area contributed by atoms with Gasteiger partial charge in [0.2, 0.25) is 0 Å². The first-order chi connectivity index (χ1) is 11.1. The molecule has 0 aliphatic heterocycles. The molecule has 0 spiro atoms. The van der Waals surface area contributed by atoms with Crippen LogP contribution in [0.5, 0.6) is 0 Å². The average Bonchev–Trinajstić information content (AvgIpc) is 2.57. The number of aromatic nitrogens is 1. The van der Waals surface area contributed by atoms with Crippen molar-refractivity contribution < 1.29 is 5.11 Å². The van der Waals surface area contributed by atoms with Crippen LogP contribution in [0.25, 0.3) is 0 Å². The fourth-order valence-electron chi connectivity index (χ4n) is 3.02. The lowest BCUT2D eigenvalue weighted by atomic mass is 9.73. The van der Waals surface area contributed by atoms with Gasteiger partial charge in [0, 0.05) is 36.8 Å². The largest absolute Gasteiger partial charge is 0.392 e. The smallest absolute Gasteiger partial charge is 0.191 e. The third kappa shape index (κ3) is 5.50. The van der Waals surface area contributed by atoms with E-state index in [1.165, 1.54) is 6.42 Å². The van der Waals surface area contributed by atoms with Crippen LogP contribution in [0.4, 0.5) is 0 Å². The first-order valence-corrected chi connectivity index (χ1v) is 8.74. The van der Waals surface area contributed by atoms with Gasteiger partial charge in [-0.15, -0.1) is 0 Å². The highest BCUT2D eigenvalue weighted by atomic mass is 16.3. The van der Waals surface area contributed by atoms with Crippen molar-refractivity contribution in [1.29, 1.82) is 0 Å². The maximum absolute atomic E-state index is 10.3. The highest BCUT2D eigenvalue weighted by Gasteiger charge is 2.35. The predicted octanol–water partition coefficient (Wildman–Crippen LogP) is 2.12. The fraction of sp³-hybridized carbons (Fsp3) is 0.667. The van der Waals surface area contributed by atoms with Crippen LogP contribution < -0.4 is 10.6 Å². The van der Waals surface area contributed by atoms with Crippen LogP contribution in [0.1, 0.15) is 45.2 Å². The molecule has 1 fully saturated rings. The van der Waals surface area contributed by atoms with Gasteiger partial charge in [0.15, 0.2) is 5.96 Å². The van der Waals surface area contributed by atoms with Gasteiger partial charge in [-0.1, -0.05) is 25.8 Å². The number of rotatable bonds is 6. The van der Waals surface area contributed by atoms with E-state index in [2.05, 4.69) is 29.5 Å². The van der Waals surface area contributed by atoms with E-state index in [4.69, 9.17) is 4.99 Å². The first kappa shape index (κ1) is 17.7. The Labute approximate surface area is 139 Å². The van der Waals surface area contributed by atoms with Gasteiger partial charge in [-0.2, -0.15) is 0 Å². The maximum atomic E-state index is 10.3. The minimum atomic E-state index is -0.239.